The summed E-state index contributed by atoms with van der Waals surface area (Å²) in [5, 5.41) is 5.24. The Balaban J connectivity index is 1.61. The van der Waals surface area contributed by atoms with E-state index in [0.717, 1.165) is 16.3 Å². The maximum Gasteiger partial charge on any atom is 0.258 e. The summed E-state index contributed by atoms with van der Waals surface area (Å²) in [6, 6.07) is 20.8. The summed E-state index contributed by atoms with van der Waals surface area (Å²) in [5.74, 6) is 0.363. The number of nitrogens with one attached hydrogen (secondary N) is 1. The van der Waals surface area contributed by atoms with E-state index in [-0.39, 0.29) is 24.3 Å². The molecule has 3 rings (SSSR count). The molecular weight excluding hydrogens is 326 g/mol. The first-order valence-corrected chi connectivity index (χ1v) is 8.55. The molecule has 0 aliphatic carbocycles. The van der Waals surface area contributed by atoms with Crippen molar-refractivity contribution in [1.29, 1.82) is 0 Å². The number of carbonyl (C=O) groups is 2. The predicted octanol–water partition coefficient (Wildman–Crippen LogP) is 4.30. The Bertz CT molecular complexity index is 926. The van der Waals surface area contributed by atoms with Crippen LogP contribution in [0.2, 0.25) is 0 Å². The van der Waals surface area contributed by atoms with Crippen LogP contribution in [0.25, 0.3) is 10.8 Å². The van der Waals surface area contributed by atoms with Crippen molar-refractivity contribution in [2.45, 2.75) is 19.9 Å². The Labute approximate surface area is 152 Å². The highest BCUT2D eigenvalue weighted by atomic mass is 16.5. The van der Waals surface area contributed by atoms with E-state index in [2.05, 4.69) is 23.5 Å². The Morgan fingerprint density at radius 2 is 1.65 bits per heavy atom. The molecule has 1 N–H and O–H groups in total. The molecule has 1 amide bonds. The Morgan fingerprint density at radius 3 is 2.38 bits per heavy atom. The maximum absolute atomic E-state index is 12.2. The molecule has 0 bridgehead atoms. The van der Waals surface area contributed by atoms with E-state index in [4.69, 9.17) is 4.74 Å². The molecule has 4 nitrogen and oxygen atoms in total. The largest absolute Gasteiger partial charge is 0.484 e. The first-order chi connectivity index (χ1) is 12.5. The molecule has 0 aromatic heterocycles. The zero-order chi connectivity index (χ0) is 18.5. The van der Waals surface area contributed by atoms with Crippen LogP contribution in [0.3, 0.4) is 0 Å². The molecule has 1 atom stereocenters. The molecule has 3 aromatic rings. The van der Waals surface area contributed by atoms with Gasteiger partial charge in [-0.1, -0.05) is 42.5 Å². The number of rotatable bonds is 6. The number of Topliss-reactive ketones (excluding diaryl/α,β-unsaturated/α-hetero) is 1. The van der Waals surface area contributed by atoms with Gasteiger partial charge in [-0.15, -0.1) is 0 Å². The third-order valence-corrected chi connectivity index (χ3v) is 4.30. The molecule has 0 saturated carbocycles. The van der Waals surface area contributed by atoms with Crippen molar-refractivity contribution in [3.05, 3.63) is 77.9 Å². The van der Waals surface area contributed by atoms with Gasteiger partial charge in [0, 0.05) is 5.56 Å². The molecular formula is C22H21NO3. The molecule has 0 aliphatic heterocycles. The van der Waals surface area contributed by atoms with E-state index in [1.807, 2.05) is 31.2 Å². The van der Waals surface area contributed by atoms with Gasteiger partial charge < -0.3 is 10.1 Å². The number of carbonyl (C=O) groups excluding carboxylic acids is 2. The summed E-state index contributed by atoms with van der Waals surface area (Å²) in [7, 11) is 0. The second-order valence-corrected chi connectivity index (χ2v) is 6.23. The van der Waals surface area contributed by atoms with E-state index >= 15 is 0 Å². The summed E-state index contributed by atoms with van der Waals surface area (Å²) < 4.78 is 5.50. The lowest BCUT2D eigenvalue weighted by atomic mass is 10.00. The molecule has 0 heterocycles. The molecule has 0 fully saturated rings. The second-order valence-electron chi connectivity index (χ2n) is 6.23. The fourth-order valence-corrected chi connectivity index (χ4v) is 2.92. The Morgan fingerprint density at radius 1 is 0.962 bits per heavy atom. The fraction of sp³-hybridized carbons (Fsp3) is 0.182. The quantitative estimate of drug-likeness (QED) is 0.677. The lowest BCUT2D eigenvalue weighted by Gasteiger charge is -2.17. The second kappa shape index (κ2) is 7.83. The first kappa shape index (κ1) is 17.7. The van der Waals surface area contributed by atoms with Gasteiger partial charge in [0.2, 0.25) is 0 Å². The van der Waals surface area contributed by atoms with Crippen LogP contribution >= 0.6 is 0 Å². The molecule has 132 valence electrons. The molecule has 0 radical (unpaired) electrons. The minimum Gasteiger partial charge on any atom is -0.484 e. The standard InChI is InChI=1S/C22H21NO3/c1-15(20-9-5-7-18-6-3-4-8-21(18)20)23-22(25)14-26-19-12-10-17(11-13-19)16(2)24/h3-13,15H,14H2,1-2H3,(H,23,25). The third-order valence-electron chi connectivity index (χ3n) is 4.30. The van der Waals surface area contributed by atoms with Crippen LogP contribution in [0.4, 0.5) is 0 Å². The van der Waals surface area contributed by atoms with Crippen LogP contribution in [-0.4, -0.2) is 18.3 Å². The van der Waals surface area contributed by atoms with Gasteiger partial charge in [0.05, 0.1) is 6.04 Å². The van der Waals surface area contributed by atoms with Crippen LogP contribution in [0.15, 0.2) is 66.7 Å². The van der Waals surface area contributed by atoms with Gasteiger partial charge in [-0.2, -0.15) is 0 Å². The molecule has 4 heteroatoms. The van der Waals surface area contributed by atoms with Crippen molar-refractivity contribution in [2.75, 3.05) is 6.61 Å². The lowest BCUT2D eigenvalue weighted by Crippen LogP contribution is -2.31. The van der Waals surface area contributed by atoms with Gasteiger partial charge in [-0.3, -0.25) is 9.59 Å². The van der Waals surface area contributed by atoms with Gasteiger partial charge in [0.25, 0.3) is 5.91 Å². The van der Waals surface area contributed by atoms with Gasteiger partial charge in [0.1, 0.15) is 5.75 Å². The molecule has 1 unspecified atom stereocenters. The number of ether oxygens (including phenoxy) is 1. The van der Waals surface area contributed by atoms with E-state index < -0.39 is 0 Å². The van der Waals surface area contributed by atoms with Crippen molar-refractivity contribution in [1.82, 2.24) is 5.32 Å². The minimum absolute atomic E-state index is 0.00166. The SMILES string of the molecule is CC(=O)c1ccc(OCC(=O)NC(C)c2cccc3ccccc23)cc1. The number of amides is 1. The van der Waals surface area contributed by atoms with Crippen molar-refractivity contribution in [3.8, 4) is 5.75 Å². The number of benzene rings is 3. The highest BCUT2D eigenvalue weighted by Crippen LogP contribution is 2.24. The summed E-state index contributed by atoms with van der Waals surface area (Å²) in [4.78, 5) is 23.5. The summed E-state index contributed by atoms with van der Waals surface area (Å²) in [5.41, 5.74) is 1.69. The van der Waals surface area contributed by atoms with Crippen LogP contribution in [0.5, 0.6) is 5.75 Å². The highest BCUT2D eigenvalue weighted by molar-refractivity contribution is 5.94. The average Bonchev–Trinajstić information content (AvgIpc) is 2.66. The van der Waals surface area contributed by atoms with Crippen LogP contribution in [0.1, 0.15) is 35.8 Å². The number of hydrogen-bond donors (Lipinski definition) is 1. The molecule has 3 aromatic carbocycles. The summed E-state index contributed by atoms with van der Waals surface area (Å²) in [6.07, 6.45) is 0. The van der Waals surface area contributed by atoms with Crippen LogP contribution in [0, 0.1) is 0 Å². The fourth-order valence-electron chi connectivity index (χ4n) is 2.92. The van der Waals surface area contributed by atoms with Crippen molar-refractivity contribution >= 4 is 22.5 Å². The highest BCUT2D eigenvalue weighted by Gasteiger charge is 2.12. The topological polar surface area (TPSA) is 55.4 Å². The normalized spacial score (nSPS) is 11.8. The first-order valence-electron chi connectivity index (χ1n) is 8.55. The number of ketones is 1. The molecule has 0 spiro atoms. The van der Waals surface area contributed by atoms with E-state index in [1.54, 1.807) is 24.3 Å². The number of fused-ring (bicyclic) bond motifs is 1. The van der Waals surface area contributed by atoms with Crippen molar-refractivity contribution in [2.24, 2.45) is 0 Å². The molecule has 26 heavy (non-hydrogen) atoms. The van der Waals surface area contributed by atoms with E-state index in [1.165, 1.54) is 6.92 Å². The monoisotopic (exact) mass is 347 g/mol. The Hall–Kier alpha value is -3.14. The molecule has 0 aliphatic rings. The summed E-state index contributed by atoms with van der Waals surface area (Å²) in [6.45, 7) is 3.40. The van der Waals surface area contributed by atoms with E-state index in [0.29, 0.717) is 11.3 Å². The third kappa shape index (κ3) is 4.09. The zero-order valence-corrected chi connectivity index (χ0v) is 14.9. The number of hydrogen-bond acceptors (Lipinski definition) is 3. The van der Waals surface area contributed by atoms with Gasteiger partial charge >= 0.3 is 0 Å². The van der Waals surface area contributed by atoms with Gasteiger partial charge in [0.15, 0.2) is 12.4 Å². The molecule has 0 saturated heterocycles. The lowest BCUT2D eigenvalue weighted by molar-refractivity contribution is -0.123. The van der Waals surface area contributed by atoms with Crippen molar-refractivity contribution < 1.29 is 14.3 Å². The van der Waals surface area contributed by atoms with E-state index in [9.17, 15) is 9.59 Å². The Kier molecular flexibility index (Phi) is 5.32. The minimum atomic E-state index is -0.193. The van der Waals surface area contributed by atoms with Crippen LogP contribution in [-0.2, 0) is 4.79 Å². The van der Waals surface area contributed by atoms with Gasteiger partial charge in [-0.25, -0.2) is 0 Å². The maximum atomic E-state index is 12.2. The summed E-state index contributed by atoms with van der Waals surface area (Å²) >= 11 is 0. The average molecular weight is 347 g/mol. The van der Waals surface area contributed by atoms with Crippen LogP contribution < -0.4 is 10.1 Å². The zero-order valence-electron chi connectivity index (χ0n) is 14.9. The van der Waals surface area contributed by atoms with Crippen molar-refractivity contribution in [3.63, 3.8) is 0 Å². The smallest absolute Gasteiger partial charge is 0.258 e. The predicted molar refractivity (Wildman–Crippen MR) is 102 cm³/mol. The van der Waals surface area contributed by atoms with Gasteiger partial charge in [-0.05, 0) is 54.4 Å².